The van der Waals surface area contributed by atoms with Crippen LogP contribution in [0.25, 0.3) is 0 Å². The number of hydrogen-bond donors (Lipinski definition) is 2. The number of rotatable bonds is 5. The SMILES string of the molecule is COC(=O)c1ccc(C(=O)OC)c(NC(=O)C(=O)NCc2ccccc2)c1. The van der Waals surface area contributed by atoms with Gasteiger partial charge in [-0.3, -0.25) is 9.59 Å². The Balaban J connectivity index is 2.15. The largest absolute Gasteiger partial charge is 0.465 e. The highest BCUT2D eigenvalue weighted by molar-refractivity contribution is 6.40. The van der Waals surface area contributed by atoms with Crippen molar-refractivity contribution in [1.29, 1.82) is 0 Å². The van der Waals surface area contributed by atoms with Crippen LogP contribution in [0.2, 0.25) is 0 Å². The van der Waals surface area contributed by atoms with Crippen LogP contribution in [-0.4, -0.2) is 38.0 Å². The first-order valence-corrected chi connectivity index (χ1v) is 7.90. The number of amides is 2. The molecule has 0 heterocycles. The van der Waals surface area contributed by atoms with Gasteiger partial charge in [0, 0.05) is 6.54 Å². The van der Waals surface area contributed by atoms with Crippen LogP contribution in [0.1, 0.15) is 26.3 Å². The van der Waals surface area contributed by atoms with Gasteiger partial charge >= 0.3 is 23.8 Å². The van der Waals surface area contributed by atoms with Crippen molar-refractivity contribution in [2.75, 3.05) is 19.5 Å². The number of carbonyl (C=O) groups excluding carboxylic acids is 4. The van der Waals surface area contributed by atoms with E-state index in [0.717, 1.165) is 5.56 Å². The van der Waals surface area contributed by atoms with Gasteiger partial charge in [0.15, 0.2) is 0 Å². The molecular formula is C19H18N2O6. The molecule has 0 aromatic heterocycles. The topological polar surface area (TPSA) is 111 Å². The third kappa shape index (κ3) is 5.15. The maximum Gasteiger partial charge on any atom is 0.339 e. The minimum absolute atomic E-state index is 0.00522. The summed E-state index contributed by atoms with van der Waals surface area (Å²) in [5.74, 6) is -3.27. The number of anilines is 1. The van der Waals surface area contributed by atoms with Crippen LogP contribution in [-0.2, 0) is 25.6 Å². The van der Waals surface area contributed by atoms with Crippen LogP contribution in [0.5, 0.6) is 0 Å². The Labute approximate surface area is 155 Å². The molecule has 2 N–H and O–H groups in total. The van der Waals surface area contributed by atoms with Crippen LogP contribution >= 0.6 is 0 Å². The van der Waals surface area contributed by atoms with Crippen LogP contribution in [0.3, 0.4) is 0 Å². The molecular weight excluding hydrogens is 352 g/mol. The van der Waals surface area contributed by atoms with E-state index in [1.54, 1.807) is 12.1 Å². The molecule has 0 bridgehead atoms. The Bertz CT molecular complexity index is 864. The Morgan fingerprint density at radius 3 is 2.15 bits per heavy atom. The molecule has 0 aliphatic rings. The summed E-state index contributed by atoms with van der Waals surface area (Å²) in [5, 5.41) is 4.79. The average Bonchev–Trinajstić information content (AvgIpc) is 2.71. The van der Waals surface area contributed by atoms with E-state index in [1.807, 2.05) is 18.2 Å². The standard InChI is InChI=1S/C19H18N2O6/c1-26-18(24)13-8-9-14(19(25)27-2)15(10-13)21-17(23)16(22)20-11-12-6-4-3-5-7-12/h3-10H,11H2,1-2H3,(H,20,22)(H,21,23). The number of carbonyl (C=O) groups is 4. The molecule has 0 spiro atoms. The first kappa shape index (κ1) is 19.6. The lowest BCUT2D eigenvalue weighted by Crippen LogP contribution is -2.35. The molecule has 27 heavy (non-hydrogen) atoms. The predicted molar refractivity (Wildman–Crippen MR) is 96.0 cm³/mol. The van der Waals surface area contributed by atoms with Crippen LogP contribution < -0.4 is 10.6 Å². The van der Waals surface area contributed by atoms with Gasteiger partial charge in [-0.1, -0.05) is 30.3 Å². The number of benzene rings is 2. The summed E-state index contributed by atoms with van der Waals surface area (Å²) in [6.45, 7) is 0.166. The minimum atomic E-state index is -0.988. The maximum absolute atomic E-state index is 12.2. The van der Waals surface area contributed by atoms with Crippen LogP contribution in [0.15, 0.2) is 48.5 Å². The monoisotopic (exact) mass is 370 g/mol. The van der Waals surface area contributed by atoms with Crippen molar-refractivity contribution in [2.24, 2.45) is 0 Å². The Hall–Kier alpha value is -3.68. The van der Waals surface area contributed by atoms with E-state index in [-0.39, 0.29) is 23.4 Å². The van der Waals surface area contributed by atoms with Crippen molar-refractivity contribution >= 4 is 29.4 Å². The molecule has 8 nitrogen and oxygen atoms in total. The lowest BCUT2D eigenvalue weighted by atomic mass is 10.1. The van der Waals surface area contributed by atoms with Crippen molar-refractivity contribution in [1.82, 2.24) is 5.32 Å². The molecule has 0 radical (unpaired) electrons. The van der Waals surface area contributed by atoms with Gasteiger partial charge in [0.25, 0.3) is 0 Å². The van der Waals surface area contributed by atoms with E-state index < -0.39 is 23.8 Å². The van der Waals surface area contributed by atoms with Crippen LogP contribution in [0.4, 0.5) is 5.69 Å². The van der Waals surface area contributed by atoms with Crippen molar-refractivity contribution in [3.05, 3.63) is 65.2 Å². The minimum Gasteiger partial charge on any atom is -0.465 e. The molecule has 2 rings (SSSR count). The Morgan fingerprint density at radius 1 is 0.852 bits per heavy atom. The zero-order valence-electron chi connectivity index (χ0n) is 14.8. The molecule has 2 aromatic carbocycles. The average molecular weight is 370 g/mol. The molecule has 2 aromatic rings. The zero-order chi connectivity index (χ0) is 19.8. The molecule has 0 saturated heterocycles. The quantitative estimate of drug-likeness (QED) is 0.610. The molecule has 0 aliphatic carbocycles. The number of methoxy groups -OCH3 is 2. The Morgan fingerprint density at radius 2 is 1.52 bits per heavy atom. The first-order valence-electron chi connectivity index (χ1n) is 7.90. The summed E-state index contributed by atoms with van der Waals surface area (Å²) in [6.07, 6.45) is 0. The van der Waals surface area contributed by atoms with Gasteiger partial charge in [0.05, 0.1) is 31.0 Å². The normalized spacial score (nSPS) is 9.85. The van der Waals surface area contributed by atoms with E-state index in [0.29, 0.717) is 0 Å². The van der Waals surface area contributed by atoms with Crippen molar-refractivity contribution in [2.45, 2.75) is 6.54 Å². The summed E-state index contributed by atoms with van der Waals surface area (Å²) in [5.41, 5.74) is 0.880. The van der Waals surface area contributed by atoms with Gasteiger partial charge in [-0.05, 0) is 23.8 Å². The smallest absolute Gasteiger partial charge is 0.339 e. The molecule has 2 amide bonds. The Kier molecular flexibility index (Phi) is 6.65. The van der Waals surface area contributed by atoms with Gasteiger partial charge in [-0.25, -0.2) is 9.59 Å². The lowest BCUT2D eigenvalue weighted by Gasteiger charge is -2.11. The van der Waals surface area contributed by atoms with Gasteiger partial charge in [0.1, 0.15) is 0 Å². The van der Waals surface area contributed by atoms with Crippen LogP contribution in [0, 0.1) is 0 Å². The molecule has 0 atom stereocenters. The summed E-state index contributed by atoms with van der Waals surface area (Å²) < 4.78 is 9.25. The number of nitrogens with one attached hydrogen (secondary N) is 2. The highest BCUT2D eigenvalue weighted by Crippen LogP contribution is 2.19. The molecule has 8 heteroatoms. The van der Waals surface area contributed by atoms with E-state index >= 15 is 0 Å². The highest BCUT2D eigenvalue weighted by atomic mass is 16.5. The summed E-state index contributed by atoms with van der Waals surface area (Å²) >= 11 is 0. The molecule has 0 unspecified atom stereocenters. The summed E-state index contributed by atoms with van der Waals surface area (Å²) in [6, 6.07) is 12.9. The van der Waals surface area contributed by atoms with Crippen molar-refractivity contribution in [3.8, 4) is 0 Å². The number of ether oxygens (including phenoxy) is 2. The van der Waals surface area contributed by atoms with E-state index in [4.69, 9.17) is 0 Å². The fourth-order valence-electron chi connectivity index (χ4n) is 2.22. The molecule has 0 saturated carbocycles. The second-order valence-corrected chi connectivity index (χ2v) is 5.37. The molecule has 140 valence electrons. The van der Waals surface area contributed by atoms with Gasteiger partial charge in [-0.15, -0.1) is 0 Å². The fourth-order valence-corrected chi connectivity index (χ4v) is 2.22. The zero-order valence-corrected chi connectivity index (χ0v) is 14.8. The second-order valence-electron chi connectivity index (χ2n) is 5.37. The van der Waals surface area contributed by atoms with E-state index in [9.17, 15) is 19.2 Å². The molecule has 0 aliphatic heterocycles. The number of esters is 2. The van der Waals surface area contributed by atoms with Crippen molar-refractivity contribution in [3.63, 3.8) is 0 Å². The van der Waals surface area contributed by atoms with Gasteiger partial charge in [0.2, 0.25) is 0 Å². The third-order valence-corrected chi connectivity index (χ3v) is 3.60. The molecule has 0 fully saturated rings. The van der Waals surface area contributed by atoms with Crippen molar-refractivity contribution < 1.29 is 28.7 Å². The summed E-state index contributed by atoms with van der Waals surface area (Å²) in [4.78, 5) is 47.7. The third-order valence-electron chi connectivity index (χ3n) is 3.60. The lowest BCUT2D eigenvalue weighted by molar-refractivity contribution is -0.136. The first-order chi connectivity index (χ1) is 13.0. The van der Waals surface area contributed by atoms with E-state index in [2.05, 4.69) is 20.1 Å². The van der Waals surface area contributed by atoms with Gasteiger partial charge < -0.3 is 20.1 Å². The maximum atomic E-state index is 12.2. The van der Waals surface area contributed by atoms with Gasteiger partial charge in [-0.2, -0.15) is 0 Å². The number of hydrogen-bond acceptors (Lipinski definition) is 6. The fraction of sp³-hybridized carbons (Fsp3) is 0.158. The predicted octanol–water partition coefficient (Wildman–Crippen LogP) is 1.51. The van der Waals surface area contributed by atoms with E-state index in [1.165, 1.54) is 32.4 Å². The highest BCUT2D eigenvalue weighted by Gasteiger charge is 2.20. The summed E-state index contributed by atoms with van der Waals surface area (Å²) in [7, 11) is 2.38. The second kappa shape index (κ2) is 9.14.